The van der Waals surface area contributed by atoms with E-state index in [-0.39, 0.29) is 101 Å². The highest BCUT2D eigenvalue weighted by molar-refractivity contribution is 6.00. The minimum atomic E-state index is -1.90. The first-order valence-electron chi connectivity index (χ1n) is 37.8. The zero-order valence-corrected chi connectivity index (χ0v) is 65.4. The van der Waals surface area contributed by atoms with Crippen LogP contribution in [-0.2, 0) is 83.1 Å². The van der Waals surface area contributed by atoms with Crippen LogP contribution in [0.15, 0.2) is 40.3 Å². The smallest absolute Gasteiger partial charge is 0.326 e. The fourth-order valence-electron chi connectivity index (χ4n) is 11.2. The molecule has 0 radical (unpaired) electrons. The van der Waals surface area contributed by atoms with Crippen molar-refractivity contribution in [3.63, 3.8) is 0 Å². The summed E-state index contributed by atoms with van der Waals surface area (Å²) in [5.74, 6) is -18.5. The van der Waals surface area contributed by atoms with Gasteiger partial charge in [-0.25, -0.2) is 4.79 Å². The molecular formula is C71H123N23O19. The van der Waals surface area contributed by atoms with Crippen molar-refractivity contribution in [3.8, 4) is 0 Å². The van der Waals surface area contributed by atoms with Crippen LogP contribution in [0.3, 0.4) is 0 Å². The number of carbonyl (C=O) groups excluding carboxylic acids is 13. The van der Waals surface area contributed by atoms with Gasteiger partial charge >= 0.3 is 17.9 Å². The van der Waals surface area contributed by atoms with E-state index >= 15 is 0 Å². The number of nitrogens with one attached hydrogen (secondary N) is 12. The molecule has 33 N–H and O–H groups in total. The van der Waals surface area contributed by atoms with Crippen molar-refractivity contribution in [2.75, 3.05) is 32.7 Å². The summed E-state index contributed by atoms with van der Waals surface area (Å²) < 4.78 is 0. The number of aliphatic imine (C=N–C) groups is 2. The molecule has 0 heterocycles. The Hall–Kier alpha value is -10.9. The third-order valence-corrected chi connectivity index (χ3v) is 17.3. The first-order chi connectivity index (χ1) is 53.2. The zero-order valence-electron chi connectivity index (χ0n) is 65.4. The number of primary amides is 1. The fraction of sp³-hybridized carbons (Fsp3) is 0.662. The van der Waals surface area contributed by atoms with E-state index in [4.69, 9.17) is 51.6 Å². The number of carbonyl (C=O) groups is 16. The van der Waals surface area contributed by atoms with Gasteiger partial charge in [0.15, 0.2) is 11.9 Å². The van der Waals surface area contributed by atoms with E-state index in [0.29, 0.717) is 63.6 Å². The lowest BCUT2D eigenvalue weighted by Crippen LogP contribution is -2.61. The number of aliphatic carboxylic acids is 3. The van der Waals surface area contributed by atoms with Gasteiger partial charge in [-0.05, 0) is 154 Å². The number of nitrogens with two attached hydrogens (primary N) is 9. The molecule has 13 amide bonds. The van der Waals surface area contributed by atoms with E-state index in [1.54, 1.807) is 58.0 Å². The number of nitrogens with zero attached hydrogens (tertiary/aromatic N) is 2. The van der Waals surface area contributed by atoms with Gasteiger partial charge in [0.1, 0.15) is 72.5 Å². The van der Waals surface area contributed by atoms with Crippen LogP contribution in [-0.4, -0.2) is 233 Å². The van der Waals surface area contributed by atoms with Gasteiger partial charge < -0.3 is 131 Å². The Bertz CT molecular complexity index is 3340. The Labute approximate surface area is 657 Å². The minimum absolute atomic E-state index is 0.0134. The predicted octanol–water partition coefficient (Wildman–Crippen LogP) is -6.31. The molecule has 1 aromatic rings. The molecule has 0 fully saturated rings. The summed E-state index contributed by atoms with van der Waals surface area (Å²) in [5.41, 5.74) is 51.6. The molecule has 0 aliphatic rings. The molecule has 0 bridgehead atoms. The van der Waals surface area contributed by atoms with Crippen LogP contribution in [0.25, 0.3) is 0 Å². The Balaban J connectivity index is 3.81. The van der Waals surface area contributed by atoms with Crippen molar-refractivity contribution < 1.29 is 92.0 Å². The highest BCUT2D eigenvalue weighted by atomic mass is 16.4. The molecule has 0 saturated heterocycles. The number of rotatable bonds is 59. The molecule has 0 aromatic heterocycles. The molecule has 1 rings (SSSR count). The Morgan fingerprint density at radius 3 is 1.04 bits per heavy atom. The highest BCUT2D eigenvalue weighted by Crippen LogP contribution is 2.15. The van der Waals surface area contributed by atoms with Crippen molar-refractivity contribution in [2.45, 2.75) is 255 Å². The summed E-state index contributed by atoms with van der Waals surface area (Å²) in [6.07, 6.45) is -1.31. The third kappa shape index (κ3) is 42.9. The number of guanidine groups is 2. The zero-order chi connectivity index (χ0) is 85.4. The number of hydrogen-bond donors (Lipinski definition) is 24. The molecule has 0 spiro atoms. The molecule has 113 heavy (non-hydrogen) atoms. The fourth-order valence-corrected chi connectivity index (χ4v) is 11.2. The van der Waals surface area contributed by atoms with E-state index in [9.17, 15) is 92.0 Å². The van der Waals surface area contributed by atoms with Crippen molar-refractivity contribution >= 4 is 107 Å². The van der Waals surface area contributed by atoms with Crippen LogP contribution in [0.4, 0.5) is 0 Å². The van der Waals surface area contributed by atoms with Crippen molar-refractivity contribution in [1.29, 1.82) is 0 Å². The lowest BCUT2D eigenvalue weighted by molar-refractivity contribution is -0.143. The third-order valence-electron chi connectivity index (χ3n) is 17.3. The number of hydrogen-bond acceptors (Lipinski definition) is 22. The Morgan fingerprint density at radius 2 is 0.664 bits per heavy atom. The molecular weight excluding hydrogens is 1480 g/mol. The van der Waals surface area contributed by atoms with E-state index in [0.717, 1.165) is 6.92 Å². The quantitative estimate of drug-likeness (QED) is 0.0164. The maximum absolute atomic E-state index is 14.8. The van der Waals surface area contributed by atoms with Crippen molar-refractivity contribution in [1.82, 2.24) is 63.8 Å². The monoisotopic (exact) mass is 1600 g/mol. The van der Waals surface area contributed by atoms with Gasteiger partial charge in [-0.3, -0.25) is 81.9 Å². The van der Waals surface area contributed by atoms with Crippen LogP contribution in [0.2, 0.25) is 0 Å². The summed E-state index contributed by atoms with van der Waals surface area (Å²) >= 11 is 0. The molecule has 0 unspecified atom stereocenters. The van der Waals surface area contributed by atoms with Gasteiger partial charge in [0.25, 0.3) is 0 Å². The molecule has 0 aliphatic heterocycles. The second kappa shape index (κ2) is 54.7. The Kier molecular flexibility index (Phi) is 48.5. The van der Waals surface area contributed by atoms with Gasteiger partial charge in [-0.2, -0.15) is 0 Å². The van der Waals surface area contributed by atoms with Crippen molar-refractivity contribution in [2.24, 2.45) is 73.4 Å². The second-order valence-electron chi connectivity index (χ2n) is 28.3. The Morgan fingerprint density at radius 1 is 0.345 bits per heavy atom. The predicted molar refractivity (Wildman–Crippen MR) is 415 cm³/mol. The van der Waals surface area contributed by atoms with E-state index in [1.165, 1.54) is 6.92 Å². The minimum Gasteiger partial charge on any atom is -0.481 e. The van der Waals surface area contributed by atoms with Crippen LogP contribution < -0.4 is 115 Å². The average Bonchev–Trinajstić information content (AvgIpc) is 0.861. The number of unbranched alkanes of at least 4 members (excludes halogenated alkanes) is 3. The first kappa shape index (κ1) is 100. The topological polar surface area (TPSA) is 737 Å². The van der Waals surface area contributed by atoms with Crippen LogP contribution in [0.1, 0.15) is 176 Å². The molecule has 42 heteroatoms. The lowest BCUT2D eigenvalue weighted by Gasteiger charge is -2.29. The summed E-state index contributed by atoms with van der Waals surface area (Å²) in [4.78, 5) is 226. The lowest BCUT2D eigenvalue weighted by atomic mass is 10.00. The summed E-state index contributed by atoms with van der Waals surface area (Å²) in [5, 5.41) is 59.0. The molecule has 1 aromatic carbocycles. The van der Waals surface area contributed by atoms with Gasteiger partial charge in [-0.1, -0.05) is 64.4 Å². The standard InChI is InChI=1S/C71H123N23O19/c1-38(2)34-50(92-64(107)45(22-12-15-31-74)86-61(104)44(21-11-14-30-73)85-59(102)43(75)20-10-13-29-72)67(110)88-47(24-17-33-82-71(79)80)62(105)87-46(23-16-32-81-70(77)78)63(106)89-48(25-27-54(76)95)65(108)90-49(26-28-55(96)97)60(103)83-40(5)57(100)91-51(36-42-18-8-7-9-19-42)68(111)93-52(37-56(98)99)66(109)84-41(6)58(101)94-53(69(112)113)35-39(3)4/h7-9,18-19,38-41,43-53H,10-17,20-37,72-75H2,1-6H3,(H2,76,95)(H,83,103)(H,84,109)(H,85,102)(H,86,104)(H,87,105)(H,88,110)(H,89,106)(H,90,108)(H,91,100)(H,92,107)(H,93,111)(H,94,101)(H,96,97)(H,98,99)(H,112,113)(H4,77,78,81)(H4,79,80,82)/t40-,41-,43-,44-,45-,46-,47-,48-,49-,50-,51-,52-,53-/m0/s1. The summed E-state index contributed by atoms with van der Waals surface area (Å²) in [6.45, 7) is 9.95. The first-order valence-corrected chi connectivity index (χ1v) is 37.8. The number of amides is 13. The van der Waals surface area contributed by atoms with Crippen LogP contribution in [0.5, 0.6) is 0 Å². The summed E-state index contributed by atoms with van der Waals surface area (Å²) in [7, 11) is 0. The molecule has 13 atom stereocenters. The highest BCUT2D eigenvalue weighted by Gasteiger charge is 2.38. The van der Waals surface area contributed by atoms with Gasteiger partial charge in [-0.15, -0.1) is 0 Å². The van der Waals surface area contributed by atoms with E-state index < -0.39 is 205 Å². The number of benzene rings is 1. The number of carboxylic acid groups (broad SMARTS) is 3. The second-order valence-corrected chi connectivity index (χ2v) is 28.3. The number of carboxylic acids is 3. The van der Waals surface area contributed by atoms with E-state index in [2.05, 4.69) is 73.8 Å². The summed E-state index contributed by atoms with van der Waals surface area (Å²) in [6, 6.07) is -11.8. The maximum atomic E-state index is 14.8. The SMILES string of the molecule is CC(C)C[C@H](NC(=O)[C@H](C)NC(=O)[C@H](CC(=O)O)NC(=O)[C@H](Cc1ccccc1)NC(=O)[C@H](C)NC(=O)[C@H](CCC(=O)O)NC(=O)[C@H](CCC(N)=O)NC(=O)[C@H](CCCN=C(N)N)NC(=O)[C@H](CCCN=C(N)N)NC(=O)[C@H](CC(C)C)NC(=O)[C@H](CCCCN)NC(=O)[C@H](CCCCN)NC(=O)[C@@H](N)CCCCN)C(=O)O. The van der Waals surface area contributed by atoms with Crippen LogP contribution in [0, 0.1) is 11.8 Å². The maximum Gasteiger partial charge on any atom is 0.326 e. The molecule has 636 valence electrons. The van der Waals surface area contributed by atoms with Crippen molar-refractivity contribution in [3.05, 3.63) is 35.9 Å². The van der Waals surface area contributed by atoms with Gasteiger partial charge in [0, 0.05) is 32.4 Å². The molecule has 0 aliphatic carbocycles. The van der Waals surface area contributed by atoms with Gasteiger partial charge in [0.2, 0.25) is 76.8 Å². The molecule has 42 nitrogen and oxygen atoms in total. The molecule has 0 saturated carbocycles. The normalized spacial score (nSPS) is 14.5. The average molecular weight is 1600 g/mol. The van der Waals surface area contributed by atoms with Crippen LogP contribution >= 0.6 is 0 Å². The van der Waals surface area contributed by atoms with Gasteiger partial charge in [0.05, 0.1) is 12.5 Å². The largest absolute Gasteiger partial charge is 0.481 e. The van der Waals surface area contributed by atoms with E-state index in [1.807, 2.05) is 0 Å².